The minimum Gasteiger partial charge on any atom is -0.858 e. The Kier molecular flexibility index (Phi) is 13.8. The first kappa shape index (κ1) is 36.3. The van der Waals surface area contributed by atoms with Crippen LogP contribution in [-0.2, 0) is 27.4 Å². The van der Waals surface area contributed by atoms with Crippen molar-refractivity contribution in [1.82, 2.24) is 9.55 Å². The zero-order valence-electron chi connectivity index (χ0n) is 19.9. The fourth-order valence-electron chi connectivity index (χ4n) is 3.34. The number of hydrogen-bond acceptors (Lipinski definition) is 16. The molecule has 0 aromatic carbocycles. The van der Waals surface area contributed by atoms with Gasteiger partial charge < -0.3 is 59.6 Å². The molecular formula is C16H22N2Na2O16P2. The van der Waals surface area contributed by atoms with Crippen molar-refractivity contribution in [1.29, 1.82) is 0 Å². The second kappa shape index (κ2) is 14.4. The third kappa shape index (κ3) is 8.62. The molecule has 2 fully saturated rings. The minimum atomic E-state index is -5.51. The van der Waals surface area contributed by atoms with Crippen molar-refractivity contribution >= 4 is 15.4 Å². The Balaban J connectivity index is 0.00000361. The molecule has 2 unspecified atom stereocenters. The van der Waals surface area contributed by atoms with Gasteiger partial charge in [0.15, 0.2) is 13.8 Å². The molecule has 0 radical (unpaired) electrons. The number of aliphatic hydroxyl groups excluding tert-OH is 6. The first-order valence-corrected chi connectivity index (χ1v) is 13.1. The topological polar surface area (TPSA) is 294 Å². The van der Waals surface area contributed by atoms with E-state index in [0.29, 0.717) is 4.57 Å². The second-order valence-corrected chi connectivity index (χ2v) is 10.9. The molecule has 2 aliphatic rings. The van der Waals surface area contributed by atoms with Gasteiger partial charge >= 0.3 is 72.6 Å². The van der Waals surface area contributed by atoms with E-state index in [2.05, 4.69) is 13.8 Å². The van der Waals surface area contributed by atoms with Crippen molar-refractivity contribution in [3.63, 3.8) is 0 Å². The van der Waals surface area contributed by atoms with Crippen LogP contribution in [0, 0.1) is 0 Å². The summed E-state index contributed by atoms with van der Waals surface area (Å²) in [6, 6.07) is 0.874. The summed E-state index contributed by atoms with van der Waals surface area (Å²) in [7, 11) is -11.0. The molecule has 22 heteroatoms. The molecule has 18 nitrogen and oxygen atoms in total. The van der Waals surface area contributed by atoms with Gasteiger partial charge in [0.05, 0.1) is 13.2 Å². The van der Waals surface area contributed by atoms with E-state index in [-0.39, 0.29) is 64.9 Å². The Bertz CT molecular complexity index is 1140. The number of aliphatic hydroxyl groups is 6. The molecule has 3 rings (SSSR count). The summed E-state index contributed by atoms with van der Waals surface area (Å²) in [5.41, 5.74) is -1.12. The van der Waals surface area contributed by atoms with E-state index in [1.54, 1.807) is 0 Å². The quantitative estimate of drug-likeness (QED) is 0.107. The molecule has 3 heterocycles. The van der Waals surface area contributed by atoms with Crippen molar-refractivity contribution in [3.8, 4) is 5.88 Å². The zero-order chi connectivity index (χ0) is 27.0. The summed E-state index contributed by atoms with van der Waals surface area (Å²) < 4.78 is 43.7. The summed E-state index contributed by atoms with van der Waals surface area (Å²) >= 11 is 0. The van der Waals surface area contributed by atoms with E-state index >= 15 is 0 Å². The summed E-state index contributed by atoms with van der Waals surface area (Å²) in [5, 5.41) is 69.7. The molecule has 0 bridgehead atoms. The Morgan fingerprint density at radius 3 is 2.26 bits per heavy atom. The summed E-state index contributed by atoms with van der Waals surface area (Å²) in [5.74, 6) is -1.74. The third-order valence-electron chi connectivity index (χ3n) is 5.13. The molecule has 1 aromatic rings. The maximum absolute atomic E-state index is 12.2. The first-order valence-electron chi connectivity index (χ1n) is 9.97. The number of hydrogen-bond donors (Lipinski definition) is 7. The predicted molar refractivity (Wildman–Crippen MR) is 106 cm³/mol. The van der Waals surface area contributed by atoms with E-state index < -0.39 is 94.9 Å². The van der Waals surface area contributed by atoms with Gasteiger partial charge in [0.1, 0.15) is 48.5 Å². The van der Waals surface area contributed by atoms with Crippen LogP contribution in [0.15, 0.2) is 28.6 Å². The SMILES string of the molecule is O=c1nc([O-])ccn1[C@@H]1O[C@H](COP(=O)(O)OP(=O)([O-])/C=C2\O[C@H](CO)[C@H](O)[C@H](O)[C@H]2O)[C@@H](O)[C@H]1O.[Na+].[Na+]. The Morgan fingerprint density at radius 2 is 1.68 bits per heavy atom. The van der Waals surface area contributed by atoms with Crippen LogP contribution in [0.1, 0.15) is 6.23 Å². The summed E-state index contributed by atoms with van der Waals surface area (Å²) in [4.78, 5) is 36.9. The van der Waals surface area contributed by atoms with Crippen molar-refractivity contribution < 1.29 is 132 Å². The smallest absolute Gasteiger partial charge is 0.858 e. The maximum atomic E-state index is 12.2. The molecule has 204 valence electrons. The van der Waals surface area contributed by atoms with Crippen molar-refractivity contribution in [2.75, 3.05) is 13.2 Å². The first-order chi connectivity index (χ1) is 16.7. The molecule has 0 spiro atoms. The van der Waals surface area contributed by atoms with Gasteiger partial charge in [-0.3, -0.25) is 9.09 Å². The van der Waals surface area contributed by atoms with Crippen LogP contribution in [0.3, 0.4) is 0 Å². The van der Waals surface area contributed by atoms with E-state index in [4.69, 9.17) is 14.6 Å². The van der Waals surface area contributed by atoms with Gasteiger partial charge in [0.2, 0.25) is 0 Å². The Morgan fingerprint density at radius 1 is 1.08 bits per heavy atom. The minimum absolute atomic E-state index is 0. The molecule has 0 amide bonds. The van der Waals surface area contributed by atoms with Gasteiger partial charge in [0, 0.05) is 12.0 Å². The zero-order valence-corrected chi connectivity index (χ0v) is 25.6. The maximum Gasteiger partial charge on any atom is 1.00 e. The van der Waals surface area contributed by atoms with Gasteiger partial charge in [0.25, 0.3) is 0 Å². The van der Waals surface area contributed by atoms with Gasteiger partial charge in [-0.05, 0) is 11.9 Å². The van der Waals surface area contributed by atoms with Gasteiger partial charge in [-0.2, -0.15) is 0 Å². The van der Waals surface area contributed by atoms with Crippen LogP contribution >= 0.6 is 15.4 Å². The van der Waals surface area contributed by atoms with Crippen LogP contribution in [-0.4, -0.2) is 101 Å². The number of rotatable bonds is 8. The third-order valence-corrected chi connectivity index (χ3v) is 7.92. The summed E-state index contributed by atoms with van der Waals surface area (Å²) in [6.07, 6.45) is -13.2. The number of phosphoric ester groups is 1. The van der Waals surface area contributed by atoms with Gasteiger partial charge in [-0.25, -0.2) is 18.7 Å². The molecule has 0 saturated carbocycles. The Labute approximate surface area is 257 Å². The van der Waals surface area contributed by atoms with Crippen LogP contribution in [0.5, 0.6) is 5.88 Å². The van der Waals surface area contributed by atoms with E-state index in [0.717, 1.165) is 12.3 Å². The van der Waals surface area contributed by atoms with Gasteiger partial charge in [-0.15, -0.1) is 0 Å². The predicted octanol–water partition coefficient (Wildman–Crippen LogP) is -11.1. The molecule has 7 N–H and O–H groups in total. The normalized spacial score (nSPS) is 35.3. The monoisotopic (exact) mass is 606 g/mol. The Hall–Kier alpha value is 0.240. The van der Waals surface area contributed by atoms with E-state index in [1.165, 1.54) is 0 Å². The fraction of sp³-hybridized carbons (Fsp3) is 0.625. The van der Waals surface area contributed by atoms with Crippen LogP contribution in [0.25, 0.3) is 0 Å². The van der Waals surface area contributed by atoms with Crippen LogP contribution in [0.4, 0.5) is 0 Å². The number of aromatic nitrogens is 2. The van der Waals surface area contributed by atoms with Crippen LogP contribution < -0.4 is 74.8 Å². The van der Waals surface area contributed by atoms with Crippen molar-refractivity contribution in [2.45, 2.75) is 49.0 Å². The van der Waals surface area contributed by atoms with Crippen molar-refractivity contribution in [3.05, 3.63) is 34.3 Å². The van der Waals surface area contributed by atoms with Crippen LogP contribution in [0.2, 0.25) is 0 Å². The molecule has 2 aliphatic heterocycles. The molecule has 10 atom stereocenters. The molecule has 0 aliphatic carbocycles. The molecular weight excluding hydrogens is 584 g/mol. The summed E-state index contributed by atoms with van der Waals surface area (Å²) in [6.45, 7) is -1.91. The second-order valence-electron chi connectivity index (χ2n) is 7.68. The number of ether oxygens (including phenoxy) is 2. The largest absolute Gasteiger partial charge is 1.00 e. The van der Waals surface area contributed by atoms with Crippen molar-refractivity contribution in [2.24, 2.45) is 0 Å². The average molecular weight is 606 g/mol. The van der Waals surface area contributed by atoms with E-state index in [9.17, 15) is 54.4 Å². The average Bonchev–Trinajstić information content (AvgIpc) is 3.06. The molecule has 1 aromatic heterocycles. The molecule has 2 saturated heterocycles. The van der Waals surface area contributed by atoms with Gasteiger partial charge in [-0.1, -0.05) is 0 Å². The fourth-order valence-corrected chi connectivity index (χ4v) is 5.73. The standard InChI is InChI=1S/C16H24N2O16P2.2Na/c19-3-6-10(21)13(24)12(23)8(32-6)5-35(27,28)34-36(29,30)31-4-7-11(22)14(25)15(33-7)18-2-1-9(20)17-16(18)26;;/h1-2,5-7,10-15,19,21-25H,3-4H2,(H,27,28)(H,29,30)(H,17,20,26);;/q;2*+1/p-2/b8-5-;;/t6-,7-,10+,11-,12+,13+,14-,15-;;/m1../s1. The molecule has 38 heavy (non-hydrogen) atoms. The number of nitrogens with zero attached hydrogens (tertiary/aromatic N) is 2. The van der Waals surface area contributed by atoms with E-state index in [1.807, 2.05) is 0 Å². The number of phosphoric acid groups is 1.